The first-order chi connectivity index (χ1) is 10.5. The summed E-state index contributed by atoms with van der Waals surface area (Å²) in [4.78, 5) is 18.2. The van der Waals surface area contributed by atoms with Gasteiger partial charge in [-0.05, 0) is 46.3 Å². The molecule has 0 bridgehead atoms. The summed E-state index contributed by atoms with van der Waals surface area (Å²) in [6.45, 7) is 0. The number of benzene rings is 1. The van der Waals surface area contributed by atoms with Gasteiger partial charge in [0.25, 0.3) is 0 Å². The largest absolute Gasteiger partial charge is 0.450 e. The number of rotatable bonds is 5. The van der Waals surface area contributed by atoms with E-state index in [0.29, 0.717) is 11.3 Å². The van der Waals surface area contributed by atoms with Crippen LogP contribution < -0.4 is 4.74 Å². The number of hydrogen-bond donors (Lipinski definition) is 0. The predicted octanol–water partition coefficient (Wildman–Crippen LogP) is 3.65. The molecule has 0 N–H and O–H groups in total. The van der Waals surface area contributed by atoms with Crippen LogP contribution in [-0.2, 0) is 0 Å². The van der Waals surface area contributed by atoms with E-state index < -0.39 is 5.82 Å². The Labute approximate surface area is 136 Å². The number of Topliss-reactive ketones (excluding diaryl/α,β-unsaturated/α-hetero) is 1. The smallest absolute Gasteiger partial charge is 0.229 e. The van der Waals surface area contributed by atoms with Gasteiger partial charge in [-0.2, -0.15) is 0 Å². The van der Waals surface area contributed by atoms with Crippen LogP contribution in [0.2, 0.25) is 0 Å². The molecule has 0 aliphatic carbocycles. The quantitative estimate of drug-likeness (QED) is 0.461. The molecule has 1 aromatic carbocycles. The molecule has 6 heteroatoms. The van der Waals surface area contributed by atoms with Gasteiger partial charge in [0.15, 0.2) is 5.76 Å². The lowest BCUT2D eigenvalue weighted by molar-refractivity contribution is 0.0982. The molecule has 0 saturated heterocycles. The van der Waals surface area contributed by atoms with Crippen LogP contribution in [0.5, 0.6) is 5.75 Å². The first kappa shape index (κ1) is 16.2. The van der Waals surface area contributed by atoms with Crippen molar-refractivity contribution in [2.45, 2.75) is 0 Å². The summed E-state index contributed by atoms with van der Waals surface area (Å²) in [5, 5.41) is 0. The molecular weight excluding hydrogens is 351 g/mol. The highest BCUT2D eigenvalue weighted by molar-refractivity contribution is 9.10. The number of pyridine rings is 1. The van der Waals surface area contributed by atoms with Crippen molar-refractivity contribution in [3.05, 3.63) is 70.5 Å². The SMILES string of the molecule is CN(C)/C=C(/Oc1cncc(Br)c1)C(=O)c1ccc(F)cc1. The highest BCUT2D eigenvalue weighted by Crippen LogP contribution is 2.20. The average Bonchev–Trinajstić information content (AvgIpc) is 2.46. The number of carbonyl (C=O) groups is 1. The number of nitrogens with zero attached hydrogens (tertiary/aromatic N) is 2. The number of hydrogen-bond acceptors (Lipinski definition) is 4. The first-order valence-corrected chi connectivity index (χ1v) is 7.22. The van der Waals surface area contributed by atoms with E-state index in [9.17, 15) is 9.18 Å². The van der Waals surface area contributed by atoms with Gasteiger partial charge in [0.2, 0.25) is 5.78 Å². The second-order valence-electron chi connectivity index (χ2n) is 4.73. The van der Waals surface area contributed by atoms with Crippen LogP contribution in [0, 0.1) is 5.82 Å². The summed E-state index contributed by atoms with van der Waals surface area (Å²) in [6.07, 6.45) is 4.68. The number of halogens is 2. The Hall–Kier alpha value is -2.21. The third-order valence-electron chi connectivity index (χ3n) is 2.61. The molecule has 22 heavy (non-hydrogen) atoms. The maximum absolute atomic E-state index is 13.0. The standard InChI is InChI=1S/C16H14BrFN2O2/c1-20(2)10-15(22-14-7-12(17)8-19-9-14)16(21)11-3-5-13(18)6-4-11/h3-10H,1-2H3/b15-10+. The summed E-state index contributed by atoms with van der Waals surface area (Å²) in [7, 11) is 3.56. The lowest BCUT2D eigenvalue weighted by Crippen LogP contribution is -2.14. The second kappa shape index (κ2) is 7.17. The monoisotopic (exact) mass is 364 g/mol. The molecule has 1 aromatic heterocycles. The van der Waals surface area contributed by atoms with Crippen LogP contribution in [0.1, 0.15) is 10.4 Å². The van der Waals surface area contributed by atoms with E-state index in [-0.39, 0.29) is 11.5 Å². The lowest BCUT2D eigenvalue weighted by Gasteiger charge is -2.13. The molecule has 0 radical (unpaired) electrons. The molecule has 1 heterocycles. The van der Waals surface area contributed by atoms with Crippen molar-refractivity contribution in [2.24, 2.45) is 0 Å². The molecule has 114 valence electrons. The van der Waals surface area contributed by atoms with Gasteiger partial charge in [-0.15, -0.1) is 0 Å². The fraction of sp³-hybridized carbons (Fsp3) is 0.125. The first-order valence-electron chi connectivity index (χ1n) is 6.42. The van der Waals surface area contributed by atoms with Gasteiger partial charge in [-0.3, -0.25) is 9.78 Å². The summed E-state index contributed by atoms with van der Waals surface area (Å²) in [6, 6.07) is 7.02. The van der Waals surface area contributed by atoms with E-state index in [1.165, 1.54) is 30.5 Å². The Morgan fingerprint density at radius 3 is 2.55 bits per heavy atom. The number of ether oxygens (including phenoxy) is 1. The van der Waals surface area contributed by atoms with Gasteiger partial charge >= 0.3 is 0 Å². The van der Waals surface area contributed by atoms with E-state index in [2.05, 4.69) is 20.9 Å². The third kappa shape index (κ3) is 4.39. The van der Waals surface area contributed by atoms with Gasteiger partial charge in [0, 0.05) is 36.5 Å². The van der Waals surface area contributed by atoms with Crippen LogP contribution in [-0.4, -0.2) is 29.8 Å². The van der Waals surface area contributed by atoms with Crippen molar-refractivity contribution < 1.29 is 13.9 Å². The summed E-state index contributed by atoms with van der Waals surface area (Å²) in [5.74, 6) is -0.185. The minimum Gasteiger partial charge on any atom is -0.450 e. The topological polar surface area (TPSA) is 42.4 Å². The zero-order chi connectivity index (χ0) is 16.1. The summed E-state index contributed by atoms with van der Waals surface area (Å²) < 4.78 is 19.3. The normalized spacial score (nSPS) is 11.2. The summed E-state index contributed by atoms with van der Waals surface area (Å²) >= 11 is 3.29. The fourth-order valence-corrected chi connectivity index (χ4v) is 2.03. The number of aromatic nitrogens is 1. The molecular formula is C16H14BrFN2O2. The maximum Gasteiger partial charge on any atom is 0.229 e. The van der Waals surface area contributed by atoms with E-state index in [4.69, 9.17) is 4.74 Å². The maximum atomic E-state index is 13.0. The van der Waals surface area contributed by atoms with Crippen LogP contribution in [0.3, 0.4) is 0 Å². The van der Waals surface area contributed by atoms with Crippen molar-refractivity contribution in [3.63, 3.8) is 0 Å². The molecule has 0 unspecified atom stereocenters. The minimum absolute atomic E-state index is 0.122. The van der Waals surface area contributed by atoms with E-state index in [1.807, 2.05) is 0 Å². The van der Waals surface area contributed by atoms with Gasteiger partial charge < -0.3 is 9.64 Å². The van der Waals surface area contributed by atoms with E-state index in [0.717, 1.165) is 4.47 Å². The lowest BCUT2D eigenvalue weighted by atomic mass is 10.1. The molecule has 0 atom stereocenters. The van der Waals surface area contributed by atoms with Crippen LogP contribution in [0.15, 0.2) is 59.2 Å². The number of carbonyl (C=O) groups excluding carboxylic acids is 1. The molecule has 0 amide bonds. The Kier molecular flexibility index (Phi) is 5.27. The summed E-state index contributed by atoms with van der Waals surface area (Å²) in [5.41, 5.74) is 0.345. The predicted molar refractivity (Wildman–Crippen MR) is 85.1 cm³/mol. The van der Waals surface area contributed by atoms with Crippen molar-refractivity contribution >= 4 is 21.7 Å². The fourth-order valence-electron chi connectivity index (χ4n) is 1.68. The molecule has 2 rings (SSSR count). The Morgan fingerprint density at radius 2 is 1.95 bits per heavy atom. The molecule has 0 spiro atoms. The van der Waals surface area contributed by atoms with Crippen molar-refractivity contribution in [2.75, 3.05) is 14.1 Å². The van der Waals surface area contributed by atoms with Gasteiger partial charge in [-0.1, -0.05) is 0 Å². The van der Waals surface area contributed by atoms with Gasteiger partial charge in [0.1, 0.15) is 11.6 Å². The minimum atomic E-state index is -0.396. The molecule has 4 nitrogen and oxygen atoms in total. The Bertz CT molecular complexity index is 700. The third-order valence-corrected chi connectivity index (χ3v) is 3.05. The van der Waals surface area contributed by atoms with Crippen LogP contribution in [0.25, 0.3) is 0 Å². The van der Waals surface area contributed by atoms with Crippen molar-refractivity contribution in [3.8, 4) is 5.75 Å². The number of allylic oxidation sites excluding steroid dienone is 1. The Balaban J connectivity index is 2.30. The average molecular weight is 365 g/mol. The molecule has 0 aliphatic rings. The van der Waals surface area contributed by atoms with E-state index in [1.54, 1.807) is 37.5 Å². The molecule has 0 saturated carbocycles. The zero-order valence-electron chi connectivity index (χ0n) is 12.1. The zero-order valence-corrected chi connectivity index (χ0v) is 13.7. The Morgan fingerprint density at radius 1 is 1.27 bits per heavy atom. The molecule has 0 fully saturated rings. The molecule has 2 aromatic rings. The van der Waals surface area contributed by atoms with Gasteiger partial charge in [0.05, 0.1) is 6.20 Å². The van der Waals surface area contributed by atoms with E-state index >= 15 is 0 Å². The number of ketones is 1. The van der Waals surface area contributed by atoms with Gasteiger partial charge in [-0.25, -0.2) is 4.39 Å². The van der Waals surface area contributed by atoms with Crippen LogP contribution in [0.4, 0.5) is 4.39 Å². The van der Waals surface area contributed by atoms with Crippen molar-refractivity contribution in [1.82, 2.24) is 9.88 Å². The van der Waals surface area contributed by atoms with Crippen LogP contribution >= 0.6 is 15.9 Å². The highest BCUT2D eigenvalue weighted by atomic mass is 79.9. The highest BCUT2D eigenvalue weighted by Gasteiger charge is 2.16. The molecule has 0 aliphatic heterocycles. The van der Waals surface area contributed by atoms with Crippen molar-refractivity contribution in [1.29, 1.82) is 0 Å². The second-order valence-corrected chi connectivity index (χ2v) is 5.65.